The number of hydrogen-bond acceptors (Lipinski definition) is 8. The molecule has 3 rings (SSSR count). The zero-order chi connectivity index (χ0) is 18.7. The van der Waals surface area contributed by atoms with Gasteiger partial charge in [-0.1, -0.05) is 16.8 Å². The predicted molar refractivity (Wildman–Crippen MR) is 89.5 cm³/mol. The molecule has 0 saturated heterocycles. The van der Waals surface area contributed by atoms with Crippen LogP contribution in [-0.2, 0) is 21.4 Å². The Morgan fingerprint density at radius 2 is 2.12 bits per heavy atom. The second-order valence-electron chi connectivity index (χ2n) is 5.02. The summed E-state index contributed by atoms with van der Waals surface area (Å²) in [7, 11) is -4.07. The van der Waals surface area contributed by atoms with Gasteiger partial charge in [0.1, 0.15) is 4.90 Å². The lowest BCUT2D eigenvalue weighted by Gasteiger charge is -2.05. The molecule has 26 heavy (non-hydrogen) atoms. The van der Waals surface area contributed by atoms with Gasteiger partial charge in [-0.3, -0.25) is 4.98 Å². The van der Waals surface area contributed by atoms with E-state index in [1.165, 1.54) is 12.1 Å². The fourth-order valence-electron chi connectivity index (χ4n) is 1.98. The predicted octanol–water partition coefficient (Wildman–Crippen LogP) is 1.79. The SMILES string of the molecule is NS(=O)(=O)c1cc(C(=O)OCc2nc(-c3cccnc3)no2)ccc1Cl. The van der Waals surface area contributed by atoms with Gasteiger partial charge < -0.3 is 9.26 Å². The Balaban J connectivity index is 1.71. The normalized spacial score (nSPS) is 11.3. The molecule has 0 saturated carbocycles. The van der Waals surface area contributed by atoms with E-state index in [0.717, 1.165) is 6.07 Å². The molecule has 9 nitrogen and oxygen atoms in total. The summed E-state index contributed by atoms with van der Waals surface area (Å²) >= 11 is 5.77. The van der Waals surface area contributed by atoms with Crippen LogP contribution in [0.1, 0.15) is 16.2 Å². The number of carbonyl (C=O) groups is 1. The van der Waals surface area contributed by atoms with Crippen molar-refractivity contribution in [2.24, 2.45) is 5.14 Å². The minimum absolute atomic E-state index is 0.0366. The van der Waals surface area contributed by atoms with Crippen LogP contribution in [0.3, 0.4) is 0 Å². The number of nitrogens with two attached hydrogens (primary N) is 1. The van der Waals surface area contributed by atoms with Gasteiger partial charge in [0.05, 0.1) is 10.6 Å². The van der Waals surface area contributed by atoms with E-state index < -0.39 is 16.0 Å². The van der Waals surface area contributed by atoms with Crippen LogP contribution in [0, 0.1) is 0 Å². The van der Waals surface area contributed by atoms with Crippen LogP contribution in [0.4, 0.5) is 0 Å². The van der Waals surface area contributed by atoms with Crippen molar-refractivity contribution in [3.63, 3.8) is 0 Å². The number of carbonyl (C=O) groups excluding carboxylic acids is 1. The summed E-state index contributed by atoms with van der Waals surface area (Å²) in [5.41, 5.74) is 0.606. The average Bonchev–Trinajstić information content (AvgIpc) is 3.09. The second kappa shape index (κ2) is 7.20. The quantitative estimate of drug-likeness (QED) is 0.646. The highest BCUT2D eigenvalue weighted by Crippen LogP contribution is 2.22. The lowest BCUT2D eigenvalue weighted by Crippen LogP contribution is -2.14. The smallest absolute Gasteiger partial charge is 0.338 e. The van der Waals surface area contributed by atoms with Gasteiger partial charge in [0, 0.05) is 18.0 Å². The first-order valence-electron chi connectivity index (χ1n) is 7.07. The van der Waals surface area contributed by atoms with Gasteiger partial charge in [0.2, 0.25) is 15.8 Å². The highest BCUT2D eigenvalue weighted by Gasteiger charge is 2.18. The first kappa shape index (κ1) is 18.0. The number of rotatable bonds is 5. The Morgan fingerprint density at radius 3 is 2.81 bits per heavy atom. The maximum atomic E-state index is 12.1. The molecule has 11 heteroatoms. The molecule has 2 heterocycles. The van der Waals surface area contributed by atoms with E-state index in [2.05, 4.69) is 15.1 Å². The zero-order valence-corrected chi connectivity index (χ0v) is 14.6. The molecule has 0 fully saturated rings. The summed E-state index contributed by atoms with van der Waals surface area (Å²) in [6, 6.07) is 7.05. The molecule has 0 spiro atoms. The maximum absolute atomic E-state index is 12.1. The molecular weight excluding hydrogens is 384 g/mol. The molecule has 0 aliphatic carbocycles. The van der Waals surface area contributed by atoms with Crippen molar-refractivity contribution >= 4 is 27.6 Å². The number of primary sulfonamides is 1. The van der Waals surface area contributed by atoms with Crippen LogP contribution in [0.25, 0.3) is 11.4 Å². The van der Waals surface area contributed by atoms with Gasteiger partial charge in [0.25, 0.3) is 5.89 Å². The number of nitrogens with zero attached hydrogens (tertiary/aromatic N) is 3. The highest BCUT2D eigenvalue weighted by atomic mass is 35.5. The maximum Gasteiger partial charge on any atom is 0.338 e. The van der Waals surface area contributed by atoms with Gasteiger partial charge in [0.15, 0.2) is 6.61 Å². The van der Waals surface area contributed by atoms with Crippen molar-refractivity contribution in [2.45, 2.75) is 11.5 Å². The van der Waals surface area contributed by atoms with Gasteiger partial charge in [-0.05, 0) is 30.3 Å². The Morgan fingerprint density at radius 1 is 1.31 bits per heavy atom. The first-order chi connectivity index (χ1) is 12.3. The van der Waals surface area contributed by atoms with Crippen molar-refractivity contribution < 1.29 is 22.5 Å². The van der Waals surface area contributed by atoms with E-state index in [9.17, 15) is 13.2 Å². The van der Waals surface area contributed by atoms with Crippen LogP contribution >= 0.6 is 11.6 Å². The summed E-state index contributed by atoms with van der Waals surface area (Å²) in [4.78, 5) is 19.7. The number of hydrogen-bond donors (Lipinski definition) is 1. The van der Waals surface area contributed by atoms with E-state index in [-0.39, 0.29) is 28.0 Å². The van der Waals surface area contributed by atoms with Gasteiger partial charge in [-0.15, -0.1) is 0 Å². The number of benzene rings is 1. The third-order valence-corrected chi connectivity index (χ3v) is 4.58. The van der Waals surface area contributed by atoms with Crippen LogP contribution < -0.4 is 5.14 Å². The van der Waals surface area contributed by atoms with Crippen molar-refractivity contribution in [1.29, 1.82) is 0 Å². The number of sulfonamides is 1. The molecule has 0 amide bonds. The third kappa shape index (κ3) is 4.04. The molecule has 0 aliphatic rings. The van der Waals surface area contributed by atoms with Crippen LogP contribution in [0.2, 0.25) is 5.02 Å². The van der Waals surface area contributed by atoms with Crippen molar-refractivity contribution in [3.8, 4) is 11.4 Å². The fraction of sp³-hybridized carbons (Fsp3) is 0.0667. The first-order valence-corrected chi connectivity index (χ1v) is 8.99. The Bertz CT molecular complexity index is 1050. The molecule has 1 aromatic carbocycles. The second-order valence-corrected chi connectivity index (χ2v) is 6.96. The molecule has 2 aromatic heterocycles. The topological polar surface area (TPSA) is 138 Å². The Labute approximate surface area is 152 Å². The number of pyridine rings is 1. The standard InChI is InChI=1S/C15H11ClN4O5S/c16-11-4-3-9(6-12(11)26(17,22)23)15(21)24-8-13-19-14(20-25-13)10-2-1-5-18-7-10/h1-7H,8H2,(H2,17,22,23). The minimum Gasteiger partial charge on any atom is -0.452 e. The Kier molecular flexibility index (Phi) is 4.98. The molecule has 0 aliphatic heterocycles. The van der Waals surface area contributed by atoms with Gasteiger partial charge in [-0.2, -0.15) is 4.98 Å². The molecule has 134 valence electrons. The van der Waals surface area contributed by atoms with E-state index in [1.807, 2.05) is 0 Å². The van der Waals surface area contributed by atoms with E-state index in [4.69, 9.17) is 26.0 Å². The van der Waals surface area contributed by atoms with Crippen LogP contribution in [-0.4, -0.2) is 29.5 Å². The van der Waals surface area contributed by atoms with E-state index in [0.29, 0.717) is 11.4 Å². The van der Waals surface area contributed by atoms with Crippen molar-refractivity contribution in [3.05, 3.63) is 59.2 Å². The number of aromatic nitrogens is 3. The lowest BCUT2D eigenvalue weighted by molar-refractivity contribution is 0.0429. The zero-order valence-electron chi connectivity index (χ0n) is 13.0. The largest absolute Gasteiger partial charge is 0.452 e. The molecule has 0 atom stereocenters. The molecule has 0 radical (unpaired) electrons. The number of halogens is 1. The number of esters is 1. The summed E-state index contributed by atoms with van der Waals surface area (Å²) in [6.45, 7) is -0.292. The fourth-order valence-corrected chi connectivity index (χ4v) is 3.06. The lowest BCUT2D eigenvalue weighted by atomic mass is 10.2. The van der Waals surface area contributed by atoms with Crippen LogP contribution in [0.5, 0.6) is 0 Å². The van der Waals surface area contributed by atoms with Crippen LogP contribution in [0.15, 0.2) is 52.1 Å². The summed E-state index contributed by atoms with van der Waals surface area (Å²) in [5.74, 6) is -0.433. The minimum atomic E-state index is -4.07. The molecule has 0 unspecified atom stereocenters. The van der Waals surface area contributed by atoms with E-state index in [1.54, 1.807) is 24.5 Å². The third-order valence-electron chi connectivity index (χ3n) is 3.19. The van der Waals surface area contributed by atoms with E-state index >= 15 is 0 Å². The average molecular weight is 395 g/mol. The molecule has 3 aromatic rings. The molecular formula is C15H11ClN4O5S. The molecule has 0 bridgehead atoms. The highest BCUT2D eigenvalue weighted by molar-refractivity contribution is 7.89. The van der Waals surface area contributed by atoms with Crippen molar-refractivity contribution in [1.82, 2.24) is 15.1 Å². The Hall–Kier alpha value is -2.82. The summed E-state index contributed by atoms with van der Waals surface area (Å²) < 4.78 is 32.9. The van der Waals surface area contributed by atoms with Crippen molar-refractivity contribution in [2.75, 3.05) is 0 Å². The summed E-state index contributed by atoms with van der Waals surface area (Å²) in [6.07, 6.45) is 3.16. The summed E-state index contributed by atoms with van der Waals surface area (Å²) in [5, 5.41) is 8.72. The number of ether oxygens (including phenoxy) is 1. The van der Waals surface area contributed by atoms with Gasteiger partial charge in [-0.25, -0.2) is 18.4 Å². The monoisotopic (exact) mass is 394 g/mol. The molecule has 2 N–H and O–H groups in total. The van der Waals surface area contributed by atoms with Gasteiger partial charge >= 0.3 is 5.97 Å².